The van der Waals surface area contributed by atoms with E-state index in [9.17, 15) is 4.79 Å². The minimum absolute atomic E-state index is 0.219. The first kappa shape index (κ1) is 10.7. The van der Waals surface area contributed by atoms with E-state index in [1.807, 2.05) is 31.2 Å². The fourth-order valence-corrected chi connectivity index (χ4v) is 1.53. The van der Waals surface area contributed by atoms with Crippen LogP contribution in [0.1, 0.15) is 11.1 Å². The Hall–Kier alpha value is -1.84. The molecule has 0 bridgehead atoms. The van der Waals surface area contributed by atoms with Crippen molar-refractivity contribution in [3.63, 3.8) is 0 Å². The van der Waals surface area contributed by atoms with E-state index in [0.717, 1.165) is 5.56 Å². The van der Waals surface area contributed by atoms with Gasteiger partial charge in [0.05, 0.1) is 6.54 Å². The Kier molecular flexibility index (Phi) is 2.90. The first-order chi connectivity index (χ1) is 7.65. The van der Waals surface area contributed by atoms with Crippen molar-refractivity contribution in [2.24, 2.45) is 4.99 Å². The van der Waals surface area contributed by atoms with Crippen molar-refractivity contribution in [3.8, 4) is 0 Å². The van der Waals surface area contributed by atoms with Gasteiger partial charge in [0.2, 0.25) is 6.10 Å². The van der Waals surface area contributed by atoms with Gasteiger partial charge in [-0.2, -0.15) is 0 Å². The fourth-order valence-electron chi connectivity index (χ4n) is 1.53. The average Bonchev–Trinajstić information content (AvgIpc) is 2.70. The van der Waals surface area contributed by atoms with E-state index in [1.54, 1.807) is 0 Å². The highest BCUT2D eigenvalue weighted by Gasteiger charge is 2.26. The fraction of sp³-hybridized carbons (Fsp3) is 0.333. The zero-order valence-electron chi connectivity index (χ0n) is 9.01. The number of aliphatic carboxylic acids is 1. The van der Waals surface area contributed by atoms with Crippen molar-refractivity contribution >= 4 is 11.9 Å². The molecule has 1 aromatic carbocycles. The summed E-state index contributed by atoms with van der Waals surface area (Å²) in [5.74, 6) is -0.445. The lowest BCUT2D eigenvalue weighted by Gasteiger charge is -2.06. The Morgan fingerprint density at radius 2 is 2.19 bits per heavy atom. The van der Waals surface area contributed by atoms with Gasteiger partial charge < -0.3 is 9.84 Å². The van der Waals surface area contributed by atoms with Gasteiger partial charge in [0.25, 0.3) is 0 Å². The van der Waals surface area contributed by atoms with Crippen LogP contribution in [0.15, 0.2) is 29.3 Å². The molecule has 0 amide bonds. The number of ether oxygens (including phenoxy) is 1. The number of hydrogen-bond donors (Lipinski definition) is 1. The number of benzene rings is 1. The van der Waals surface area contributed by atoms with Gasteiger partial charge in [-0.3, -0.25) is 4.99 Å². The van der Waals surface area contributed by atoms with Gasteiger partial charge in [0.15, 0.2) is 5.90 Å². The third-order valence-corrected chi connectivity index (χ3v) is 2.46. The number of carboxylic acids is 1. The van der Waals surface area contributed by atoms with Crippen molar-refractivity contribution < 1.29 is 14.6 Å². The van der Waals surface area contributed by atoms with E-state index < -0.39 is 12.1 Å². The molecule has 1 aromatic rings. The van der Waals surface area contributed by atoms with E-state index in [1.165, 1.54) is 5.56 Å². The molecule has 0 spiro atoms. The van der Waals surface area contributed by atoms with Crippen molar-refractivity contribution in [2.45, 2.75) is 19.4 Å². The molecule has 84 valence electrons. The summed E-state index contributed by atoms with van der Waals surface area (Å²) < 4.78 is 5.21. The maximum atomic E-state index is 10.6. The summed E-state index contributed by atoms with van der Waals surface area (Å²) in [6.07, 6.45) is -0.246. The van der Waals surface area contributed by atoms with Gasteiger partial charge in [-0.15, -0.1) is 0 Å². The van der Waals surface area contributed by atoms with Crippen LogP contribution >= 0.6 is 0 Å². The zero-order valence-corrected chi connectivity index (χ0v) is 9.01. The van der Waals surface area contributed by atoms with Gasteiger partial charge in [0, 0.05) is 6.42 Å². The van der Waals surface area contributed by atoms with E-state index in [-0.39, 0.29) is 6.54 Å². The summed E-state index contributed by atoms with van der Waals surface area (Å²) in [4.78, 5) is 14.7. The molecule has 1 N–H and O–H groups in total. The molecule has 1 heterocycles. The first-order valence-electron chi connectivity index (χ1n) is 5.13. The van der Waals surface area contributed by atoms with Crippen LogP contribution in [-0.4, -0.2) is 29.6 Å². The number of aryl methyl sites for hydroxylation is 1. The lowest BCUT2D eigenvalue weighted by atomic mass is 10.1. The molecule has 1 aliphatic heterocycles. The summed E-state index contributed by atoms with van der Waals surface area (Å²) in [5.41, 5.74) is 2.27. The van der Waals surface area contributed by atoms with Crippen LogP contribution in [0.25, 0.3) is 0 Å². The van der Waals surface area contributed by atoms with Gasteiger partial charge >= 0.3 is 5.97 Å². The number of aliphatic imine (C=N–C) groups is 1. The molecule has 0 aromatic heterocycles. The number of rotatable bonds is 3. The Balaban J connectivity index is 1.97. The molecular weight excluding hydrogens is 206 g/mol. The highest BCUT2D eigenvalue weighted by molar-refractivity contribution is 5.85. The summed E-state index contributed by atoms with van der Waals surface area (Å²) in [5, 5.41) is 8.74. The molecule has 16 heavy (non-hydrogen) atoms. The summed E-state index contributed by atoms with van der Waals surface area (Å²) >= 11 is 0. The second kappa shape index (κ2) is 4.35. The number of carbonyl (C=O) groups is 1. The average molecular weight is 219 g/mol. The highest BCUT2D eigenvalue weighted by atomic mass is 16.5. The van der Waals surface area contributed by atoms with E-state index in [4.69, 9.17) is 9.84 Å². The second-order valence-corrected chi connectivity index (χ2v) is 3.84. The monoisotopic (exact) mass is 219 g/mol. The summed E-state index contributed by atoms with van der Waals surface area (Å²) in [6, 6.07) is 8.02. The van der Waals surface area contributed by atoms with Crippen LogP contribution in [0.4, 0.5) is 0 Å². The number of hydrogen-bond acceptors (Lipinski definition) is 3. The van der Waals surface area contributed by atoms with E-state index >= 15 is 0 Å². The minimum Gasteiger partial charge on any atom is -0.478 e. The molecule has 0 aliphatic carbocycles. The molecule has 0 saturated heterocycles. The van der Waals surface area contributed by atoms with Crippen LogP contribution in [0.3, 0.4) is 0 Å². The molecule has 1 atom stereocenters. The van der Waals surface area contributed by atoms with Gasteiger partial charge in [-0.05, 0) is 12.5 Å². The second-order valence-electron chi connectivity index (χ2n) is 3.84. The molecule has 0 saturated carbocycles. The Labute approximate surface area is 93.6 Å². The Bertz CT molecular complexity index is 422. The van der Waals surface area contributed by atoms with Gasteiger partial charge in [-0.1, -0.05) is 29.8 Å². The number of carboxylic acid groups (broad SMARTS) is 1. The topological polar surface area (TPSA) is 58.9 Å². The molecule has 2 rings (SSSR count). The highest BCUT2D eigenvalue weighted by Crippen LogP contribution is 2.11. The normalized spacial score (nSPS) is 19.1. The molecule has 1 unspecified atom stereocenters. The van der Waals surface area contributed by atoms with Crippen LogP contribution in [0.5, 0.6) is 0 Å². The molecule has 4 heteroatoms. The lowest BCUT2D eigenvalue weighted by Crippen LogP contribution is -2.24. The SMILES string of the molecule is Cc1ccc(CC2=NCC(C(=O)O)O2)cc1. The van der Waals surface area contributed by atoms with Gasteiger partial charge in [-0.25, -0.2) is 4.79 Å². The molecule has 1 aliphatic rings. The Morgan fingerprint density at radius 1 is 1.50 bits per heavy atom. The molecular formula is C12H13NO3. The smallest absolute Gasteiger partial charge is 0.346 e. The minimum atomic E-state index is -0.956. The summed E-state index contributed by atoms with van der Waals surface area (Å²) in [6.45, 7) is 2.24. The lowest BCUT2D eigenvalue weighted by molar-refractivity contribution is -0.144. The van der Waals surface area contributed by atoms with Crippen LogP contribution in [0.2, 0.25) is 0 Å². The zero-order chi connectivity index (χ0) is 11.5. The third kappa shape index (κ3) is 2.39. The predicted molar refractivity (Wildman–Crippen MR) is 59.7 cm³/mol. The first-order valence-corrected chi connectivity index (χ1v) is 5.13. The standard InChI is InChI=1S/C12H13NO3/c1-8-2-4-9(5-3-8)6-11-13-7-10(16-11)12(14)15/h2-5,10H,6-7H2,1H3,(H,14,15). The quantitative estimate of drug-likeness (QED) is 0.836. The largest absolute Gasteiger partial charge is 0.478 e. The van der Waals surface area contributed by atoms with Crippen molar-refractivity contribution in [3.05, 3.63) is 35.4 Å². The van der Waals surface area contributed by atoms with Crippen molar-refractivity contribution in [2.75, 3.05) is 6.54 Å². The van der Waals surface area contributed by atoms with Crippen LogP contribution in [-0.2, 0) is 16.0 Å². The molecule has 0 fully saturated rings. The maximum Gasteiger partial charge on any atom is 0.346 e. The van der Waals surface area contributed by atoms with E-state index in [2.05, 4.69) is 4.99 Å². The van der Waals surface area contributed by atoms with Crippen molar-refractivity contribution in [1.29, 1.82) is 0 Å². The predicted octanol–water partition coefficient (Wildman–Crippen LogP) is 1.42. The number of nitrogens with zero attached hydrogens (tertiary/aromatic N) is 1. The molecule has 0 radical (unpaired) electrons. The van der Waals surface area contributed by atoms with E-state index in [0.29, 0.717) is 12.3 Å². The maximum absolute atomic E-state index is 10.6. The Morgan fingerprint density at radius 3 is 2.75 bits per heavy atom. The summed E-state index contributed by atoms with van der Waals surface area (Å²) in [7, 11) is 0. The van der Waals surface area contributed by atoms with Crippen LogP contribution < -0.4 is 0 Å². The molecule has 4 nitrogen and oxygen atoms in total. The third-order valence-electron chi connectivity index (χ3n) is 2.46. The van der Waals surface area contributed by atoms with Crippen molar-refractivity contribution in [1.82, 2.24) is 0 Å². The van der Waals surface area contributed by atoms with Crippen LogP contribution in [0, 0.1) is 6.92 Å². The van der Waals surface area contributed by atoms with Gasteiger partial charge in [0.1, 0.15) is 0 Å².